The van der Waals surface area contributed by atoms with E-state index in [2.05, 4.69) is 47.0 Å². The zero-order valence-corrected chi connectivity index (χ0v) is 12.9. The fraction of sp³-hybridized carbons (Fsp3) is 0.600. The Labute approximate surface area is 121 Å². The number of hydrogen-bond donors (Lipinski definition) is 1. The van der Waals surface area contributed by atoms with Crippen LogP contribution in [0.2, 0.25) is 0 Å². The summed E-state index contributed by atoms with van der Waals surface area (Å²) < 4.78 is 4.09. The third-order valence-electron chi connectivity index (χ3n) is 3.52. The van der Waals surface area contributed by atoms with Gasteiger partial charge in [0, 0.05) is 24.8 Å². The first kappa shape index (κ1) is 14.6. The Hall–Kier alpha value is -1.78. The van der Waals surface area contributed by atoms with Gasteiger partial charge >= 0.3 is 0 Å². The summed E-state index contributed by atoms with van der Waals surface area (Å²) >= 11 is 0. The van der Waals surface area contributed by atoms with Crippen LogP contribution < -0.4 is 5.32 Å². The van der Waals surface area contributed by atoms with E-state index in [0.717, 1.165) is 37.4 Å². The number of aryl methyl sites for hydroxylation is 2. The Kier molecular flexibility index (Phi) is 4.82. The molecule has 0 bridgehead atoms. The van der Waals surface area contributed by atoms with Crippen LogP contribution in [0, 0.1) is 6.92 Å². The van der Waals surface area contributed by atoms with Crippen LogP contribution in [0.15, 0.2) is 18.3 Å². The van der Waals surface area contributed by atoms with Crippen LogP contribution >= 0.6 is 0 Å². The Morgan fingerprint density at radius 3 is 2.80 bits per heavy atom. The molecule has 2 heterocycles. The van der Waals surface area contributed by atoms with Crippen LogP contribution in [0.25, 0.3) is 0 Å². The molecular formula is C15H25N5. The Balaban J connectivity index is 1.99. The van der Waals surface area contributed by atoms with Gasteiger partial charge < -0.3 is 5.32 Å². The van der Waals surface area contributed by atoms with Crippen molar-refractivity contribution in [1.29, 1.82) is 0 Å². The van der Waals surface area contributed by atoms with Gasteiger partial charge in [-0.25, -0.2) is 0 Å². The van der Waals surface area contributed by atoms with Gasteiger partial charge in [-0.15, -0.1) is 0 Å². The molecule has 0 fully saturated rings. The third-order valence-corrected chi connectivity index (χ3v) is 3.52. The summed E-state index contributed by atoms with van der Waals surface area (Å²) in [4.78, 5) is 0. The average Bonchev–Trinajstić information content (AvgIpc) is 3.03. The predicted molar refractivity (Wildman–Crippen MR) is 81.8 cm³/mol. The second kappa shape index (κ2) is 6.59. The van der Waals surface area contributed by atoms with E-state index in [1.807, 2.05) is 23.9 Å². The van der Waals surface area contributed by atoms with E-state index >= 15 is 0 Å². The Morgan fingerprint density at radius 1 is 1.30 bits per heavy atom. The summed E-state index contributed by atoms with van der Waals surface area (Å²) in [6.07, 6.45) is 4.21. The molecular weight excluding hydrogens is 250 g/mol. The lowest BCUT2D eigenvalue weighted by molar-refractivity contribution is 0.479. The van der Waals surface area contributed by atoms with Crippen molar-refractivity contribution in [2.45, 2.75) is 59.7 Å². The lowest BCUT2D eigenvalue weighted by atomic mass is 10.3. The van der Waals surface area contributed by atoms with Crippen LogP contribution in [0.4, 0.5) is 5.82 Å². The molecule has 0 aromatic carbocycles. The van der Waals surface area contributed by atoms with Crippen molar-refractivity contribution >= 4 is 5.82 Å². The van der Waals surface area contributed by atoms with Crippen molar-refractivity contribution in [2.75, 3.05) is 5.32 Å². The van der Waals surface area contributed by atoms with E-state index in [0.29, 0.717) is 6.04 Å². The molecule has 2 rings (SSSR count). The van der Waals surface area contributed by atoms with E-state index in [4.69, 9.17) is 0 Å². The topological polar surface area (TPSA) is 47.7 Å². The Bertz CT molecular complexity index is 540. The summed E-state index contributed by atoms with van der Waals surface area (Å²) in [7, 11) is 0. The number of aromatic nitrogens is 4. The lowest BCUT2D eigenvalue weighted by Gasteiger charge is -2.09. The summed E-state index contributed by atoms with van der Waals surface area (Å²) in [5.41, 5.74) is 2.28. The van der Waals surface area contributed by atoms with Crippen LogP contribution in [0.5, 0.6) is 0 Å². The highest BCUT2D eigenvalue weighted by Gasteiger charge is 2.07. The van der Waals surface area contributed by atoms with Crippen molar-refractivity contribution in [3.05, 3.63) is 29.7 Å². The standard InChI is InChI=1S/C15H25N5/c1-5-8-20-14(10-12(3)17-20)11-16-15-7-9-19(18-15)13(4)6-2/h7,9-10,13H,5-6,8,11H2,1-4H3,(H,16,18). The highest BCUT2D eigenvalue weighted by atomic mass is 15.3. The number of nitrogens with zero attached hydrogens (tertiary/aromatic N) is 4. The number of anilines is 1. The molecule has 0 aliphatic carbocycles. The van der Waals surface area contributed by atoms with Gasteiger partial charge in [0.05, 0.1) is 17.9 Å². The highest BCUT2D eigenvalue weighted by molar-refractivity contribution is 5.33. The highest BCUT2D eigenvalue weighted by Crippen LogP contribution is 2.13. The molecule has 0 aliphatic heterocycles. The van der Waals surface area contributed by atoms with E-state index in [-0.39, 0.29) is 0 Å². The number of nitrogens with one attached hydrogen (secondary N) is 1. The van der Waals surface area contributed by atoms with Crippen molar-refractivity contribution in [2.24, 2.45) is 0 Å². The van der Waals surface area contributed by atoms with E-state index in [1.54, 1.807) is 0 Å². The largest absolute Gasteiger partial charge is 0.363 e. The average molecular weight is 275 g/mol. The smallest absolute Gasteiger partial charge is 0.148 e. The lowest BCUT2D eigenvalue weighted by Crippen LogP contribution is -2.10. The summed E-state index contributed by atoms with van der Waals surface area (Å²) in [6, 6.07) is 4.60. The molecule has 1 atom stereocenters. The molecule has 0 saturated heterocycles. The molecule has 20 heavy (non-hydrogen) atoms. The van der Waals surface area contributed by atoms with E-state index in [9.17, 15) is 0 Å². The number of rotatable bonds is 7. The summed E-state index contributed by atoms with van der Waals surface area (Å²) in [6.45, 7) is 10.3. The fourth-order valence-electron chi connectivity index (χ4n) is 2.19. The van der Waals surface area contributed by atoms with Crippen molar-refractivity contribution in [1.82, 2.24) is 19.6 Å². The van der Waals surface area contributed by atoms with Crippen molar-refractivity contribution in [3.8, 4) is 0 Å². The quantitative estimate of drug-likeness (QED) is 0.842. The maximum atomic E-state index is 4.55. The molecule has 2 aromatic heterocycles. The fourth-order valence-corrected chi connectivity index (χ4v) is 2.19. The molecule has 0 radical (unpaired) electrons. The van der Waals surface area contributed by atoms with Gasteiger partial charge in [-0.1, -0.05) is 13.8 Å². The maximum absolute atomic E-state index is 4.55. The van der Waals surface area contributed by atoms with Crippen molar-refractivity contribution < 1.29 is 0 Å². The molecule has 5 nitrogen and oxygen atoms in total. The summed E-state index contributed by atoms with van der Waals surface area (Å²) in [5, 5.41) is 12.4. The molecule has 0 saturated carbocycles. The minimum atomic E-state index is 0.443. The normalized spacial score (nSPS) is 12.6. The van der Waals surface area contributed by atoms with Crippen LogP contribution in [-0.2, 0) is 13.1 Å². The molecule has 5 heteroatoms. The SMILES string of the molecule is CCCn1nc(C)cc1CNc1ccn(C(C)CC)n1. The summed E-state index contributed by atoms with van der Waals surface area (Å²) in [5.74, 6) is 0.923. The first-order chi connectivity index (χ1) is 9.63. The first-order valence-electron chi connectivity index (χ1n) is 7.46. The van der Waals surface area contributed by atoms with Crippen LogP contribution in [0.1, 0.15) is 51.0 Å². The zero-order valence-electron chi connectivity index (χ0n) is 12.9. The zero-order chi connectivity index (χ0) is 14.5. The molecule has 1 unspecified atom stereocenters. The molecule has 2 aromatic rings. The predicted octanol–water partition coefficient (Wildman–Crippen LogP) is 3.38. The van der Waals surface area contributed by atoms with Gasteiger partial charge in [0.15, 0.2) is 0 Å². The minimum absolute atomic E-state index is 0.443. The molecule has 0 aliphatic rings. The third kappa shape index (κ3) is 3.40. The maximum Gasteiger partial charge on any atom is 0.148 e. The minimum Gasteiger partial charge on any atom is -0.363 e. The van der Waals surface area contributed by atoms with Gasteiger partial charge in [-0.05, 0) is 32.8 Å². The molecule has 110 valence electrons. The van der Waals surface area contributed by atoms with E-state index < -0.39 is 0 Å². The van der Waals surface area contributed by atoms with Gasteiger partial charge in [0.1, 0.15) is 5.82 Å². The van der Waals surface area contributed by atoms with Crippen molar-refractivity contribution in [3.63, 3.8) is 0 Å². The van der Waals surface area contributed by atoms with Gasteiger partial charge in [-0.3, -0.25) is 9.36 Å². The second-order valence-electron chi connectivity index (χ2n) is 5.29. The van der Waals surface area contributed by atoms with Crippen LogP contribution in [0.3, 0.4) is 0 Å². The Morgan fingerprint density at radius 2 is 2.10 bits per heavy atom. The van der Waals surface area contributed by atoms with Gasteiger partial charge in [-0.2, -0.15) is 10.2 Å². The van der Waals surface area contributed by atoms with Gasteiger partial charge in [0.25, 0.3) is 0 Å². The van der Waals surface area contributed by atoms with Gasteiger partial charge in [0.2, 0.25) is 0 Å². The van der Waals surface area contributed by atoms with E-state index in [1.165, 1.54) is 5.69 Å². The number of hydrogen-bond acceptors (Lipinski definition) is 3. The molecule has 0 spiro atoms. The second-order valence-corrected chi connectivity index (χ2v) is 5.29. The first-order valence-corrected chi connectivity index (χ1v) is 7.46. The molecule has 1 N–H and O–H groups in total. The van der Waals surface area contributed by atoms with Crippen LogP contribution in [-0.4, -0.2) is 19.6 Å². The molecule has 0 amide bonds. The monoisotopic (exact) mass is 275 g/mol.